The lowest BCUT2D eigenvalue weighted by Gasteiger charge is -2.03. The number of halogens is 1. The number of carbonyl (C=O) groups excluding carboxylic acids is 1. The Bertz CT molecular complexity index is 509. The maximum atomic E-state index is 13.5. The fourth-order valence-corrected chi connectivity index (χ4v) is 1.33. The molecule has 0 aliphatic rings. The molecule has 1 N–H and O–H groups in total. The van der Waals surface area contributed by atoms with E-state index in [0.29, 0.717) is 5.75 Å². The number of benzene rings is 1. The average molecular weight is 220 g/mol. The Morgan fingerprint density at radius 3 is 2.81 bits per heavy atom. The van der Waals surface area contributed by atoms with Gasteiger partial charge in [-0.2, -0.15) is 5.10 Å². The van der Waals surface area contributed by atoms with Gasteiger partial charge in [-0.25, -0.2) is 4.39 Å². The number of nitrogens with zero attached hydrogens (tertiary/aromatic N) is 1. The van der Waals surface area contributed by atoms with Gasteiger partial charge in [0, 0.05) is 12.3 Å². The van der Waals surface area contributed by atoms with Gasteiger partial charge in [-0.05, 0) is 18.2 Å². The van der Waals surface area contributed by atoms with Crippen molar-refractivity contribution in [3.8, 4) is 5.75 Å². The molecule has 82 valence electrons. The highest BCUT2D eigenvalue weighted by atomic mass is 19.1. The minimum absolute atomic E-state index is 0.00921. The summed E-state index contributed by atoms with van der Waals surface area (Å²) in [5.41, 5.74) is 0.245. The van der Waals surface area contributed by atoms with E-state index in [0.717, 1.165) is 0 Å². The molecule has 0 saturated heterocycles. The third-order valence-electron chi connectivity index (χ3n) is 2.17. The van der Waals surface area contributed by atoms with E-state index >= 15 is 0 Å². The van der Waals surface area contributed by atoms with E-state index in [1.54, 1.807) is 0 Å². The van der Waals surface area contributed by atoms with Gasteiger partial charge in [-0.3, -0.25) is 9.89 Å². The van der Waals surface area contributed by atoms with Crippen molar-refractivity contribution in [3.63, 3.8) is 0 Å². The van der Waals surface area contributed by atoms with Crippen LogP contribution in [0.15, 0.2) is 30.5 Å². The van der Waals surface area contributed by atoms with Crippen molar-refractivity contribution in [2.75, 3.05) is 7.11 Å². The first-order valence-corrected chi connectivity index (χ1v) is 4.60. The maximum absolute atomic E-state index is 13.5. The number of nitrogens with one attached hydrogen (secondary N) is 1. The van der Waals surface area contributed by atoms with E-state index in [1.165, 1.54) is 37.6 Å². The Morgan fingerprint density at radius 1 is 1.44 bits per heavy atom. The lowest BCUT2D eigenvalue weighted by Crippen LogP contribution is -2.05. The van der Waals surface area contributed by atoms with Crippen LogP contribution in [0, 0.1) is 5.82 Å². The molecular weight excluding hydrogens is 211 g/mol. The van der Waals surface area contributed by atoms with Gasteiger partial charge in [0.05, 0.1) is 12.7 Å². The van der Waals surface area contributed by atoms with Gasteiger partial charge in [0.25, 0.3) is 0 Å². The minimum Gasteiger partial charge on any atom is -0.497 e. The molecule has 0 spiro atoms. The summed E-state index contributed by atoms with van der Waals surface area (Å²) in [6.45, 7) is 0. The zero-order chi connectivity index (χ0) is 11.5. The van der Waals surface area contributed by atoms with Crippen molar-refractivity contribution >= 4 is 5.78 Å². The summed E-state index contributed by atoms with van der Waals surface area (Å²) in [5, 5.41) is 6.13. The van der Waals surface area contributed by atoms with Crippen molar-refractivity contribution in [1.82, 2.24) is 10.2 Å². The topological polar surface area (TPSA) is 55.0 Å². The molecule has 1 aromatic carbocycles. The lowest BCUT2D eigenvalue weighted by molar-refractivity contribution is 0.103. The Morgan fingerprint density at radius 2 is 2.25 bits per heavy atom. The number of ketones is 1. The predicted molar refractivity (Wildman–Crippen MR) is 55.0 cm³/mol. The number of H-pyrrole nitrogens is 1. The van der Waals surface area contributed by atoms with Crippen LogP contribution < -0.4 is 4.74 Å². The Hall–Kier alpha value is -2.17. The number of rotatable bonds is 3. The van der Waals surface area contributed by atoms with E-state index in [9.17, 15) is 9.18 Å². The van der Waals surface area contributed by atoms with E-state index in [4.69, 9.17) is 4.74 Å². The molecule has 5 heteroatoms. The number of aromatic amines is 1. The summed E-state index contributed by atoms with van der Waals surface area (Å²) < 4.78 is 18.4. The Balaban J connectivity index is 2.38. The molecule has 0 aliphatic carbocycles. The van der Waals surface area contributed by atoms with Crippen LogP contribution in [0.2, 0.25) is 0 Å². The van der Waals surface area contributed by atoms with Crippen molar-refractivity contribution < 1.29 is 13.9 Å². The van der Waals surface area contributed by atoms with E-state index in [-0.39, 0.29) is 11.3 Å². The fourth-order valence-electron chi connectivity index (χ4n) is 1.33. The third kappa shape index (κ3) is 1.79. The number of aromatic nitrogens is 2. The number of carbonyl (C=O) groups is 1. The van der Waals surface area contributed by atoms with Crippen molar-refractivity contribution in [2.45, 2.75) is 0 Å². The molecule has 0 atom stereocenters. The number of hydrogen-bond acceptors (Lipinski definition) is 3. The summed E-state index contributed by atoms with van der Waals surface area (Å²) in [6.07, 6.45) is 1.44. The second-order valence-corrected chi connectivity index (χ2v) is 3.15. The summed E-state index contributed by atoms with van der Waals surface area (Å²) in [6, 6.07) is 5.58. The van der Waals surface area contributed by atoms with Crippen molar-refractivity contribution in [1.29, 1.82) is 0 Å². The molecule has 2 aromatic rings. The summed E-state index contributed by atoms with van der Waals surface area (Å²) in [4.78, 5) is 11.8. The fraction of sp³-hybridized carbons (Fsp3) is 0.0909. The first-order valence-electron chi connectivity index (χ1n) is 4.60. The summed E-state index contributed by atoms with van der Waals surface area (Å²) in [5.74, 6) is -0.671. The highest BCUT2D eigenvalue weighted by Gasteiger charge is 2.15. The molecule has 1 heterocycles. The second kappa shape index (κ2) is 4.14. The molecule has 0 fully saturated rings. The molecule has 0 radical (unpaired) electrons. The van der Waals surface area contributed by atoms with Crippen LogP contribution in [0.4, 0.5) is 4.39 Å². The van der Waals surface area contributed by atoms with Crippen molar-refractivity contribution in [2.24, 2.45) is 0 Å². The van der Waals surface area contributed by atoms with Crippen molar-refractivity contribution in [3.05, 3.63) is 47.5 Å². The number of methoxy groups -OCH3 is 1. The molecule has 0 amide bonds. The van der Waals surface area contributed by atoms with E-state index < -0.39 is 11.6 Å². The van der Waals surface area contributed by atoms with Crippen LogP contribution in [-0.4, -0.2) is 23.1 Å². The average Bonchev–Trinajstić information content (AvgIpc) is 2.81. The number of ether oxygens (including phenoxy) is 1. The van der Waals surface area contributed by atoms with Gasteiger partial charge in [0.1, 0.15) is 17.3 Å². The molecule has 0 unspecified atom stereocenters. The first-order chi connectivity index (χ1) is 7.72. The lowest BCUT2D eigenvalue weighted by atomic mass is 10.1. The minimum atomic E-state index is -0.612. The standard InChI is InChI=1S/C11H9FN2O2/c1-16-7-2-3-8(9(12)6-7)11(15)10-4-5-13-14-10/h2-6H,1H3,(H,13,14). The molecule has 0 aliphatic heterocycles. The molecule has 2 rings (SSSR count). The molecule has 0 saturated carbocycles. The van der Waals surface area contributed by atoms with Crippen LogP contribution in [0.25, 0.3) is 0 Å². The predicted octanol–water partition coefficient (Wildman–Crippen LogP) is 1.79. The monoisotopic (exact) mass is 220 g/mol. The van der Waals surface area contributed by atoms with Gasteiger partial charge in [-0.15, -0.1) is 0 Å². The van der Waals surface area contributed by atoms with Gasteiger partial charge >= 0.3 is 0 Å². The zero-order valence-electron chi connectivity index (χ0n) is 8.53. The largest absolute Gasteiger partial charge is 0.497 e. The molecule has 16 heavy (non-hydrogen) atoms. The molecule has 1 aromatic heterocycles. The smallest absolute Gasteiger partial charge is 0.213 e. The van der Waals surface area contributed by atoms with Crippen LogP contribution >= 0.6 is 0 Å². The van der Waals surface area contributed by atoms with E-state index in [1.807, 2.05) is 0 Å². The molecular formula is C11H9FN2O2. The zero-order valence-corrected chi connectivity index (χ0v) is 8.53. The van der Waals surface area contributed by atoms with Crippen LogP contribution in [0.3, 0.4) is 0 Å². The summed E-state index contributed by atoms with van der Waals surface area (Å²) >= 11 is 0. The highest BCUT2D eigenvalue weighted by Crippen LogP contribution is 2.18. The highest BCUT2D eigenvalue weighted by molar-refractivity contribution is 6.07. The third-order valence-corrected chi connectivity index (χ3v) is 2.17. The van der Waals surface area contributed by atoms with Gasteiger partial charge in [0.2, 0.25) is 5.78 Å². The second-order valence-electron chi connectivity index (χ2n) is 3.15. The first kappa shape index (κ1) is 10.4. The quantitative estimate of drug-likeness (QED) is 0.802. The molecule has 0 bridgehead atoms. The Kier molecular flexibility index (Phi) is 2.68. The maximum Gasteiger partial charge on any atom is 0.213 e. The molecule has 4 nitrogen and oxygen atoms in total. The van der Waals surface area contributed by atoms with Gasteiger partial charge < -0.3 is 4.74 Å². The van der Waals surface area contributed by atoms with Crippen LogP contribution in [0.5, 0.6) is 5.75 Å². The number of hydrogen-bond donors (Lipinski definition) is 1. The van der Waals surface area contributed by atoms with Crippen LogP contribution in [0.1, 0.15) is 16.1 Å². The van der Waals surface area contributed by atoms with Gasteiger partial charge in [0.15, 0.2) is 0 Å². The van der Waals surface area contributed by atoms with Gasteiger partial charge in [-0.1, -0.05) is 0 Å². The Labute approximate surface area is 91.1 Å². The normalized spacial score (nSPS) is 10.1. The van der Waals surface area contributed by atoms with Crippen LogP contribution in [-0.2, 0) is 0 Å². The van der Waals surface area contributed by atoms with E-state index in [2.05, 4.69) is 10.2 Å². The SMILES string of the molecule is COc1ccc(C(=O)c2ccn[nH]2)c(F)c1. The summed E-state index contributed by atoms with van der Waals surface area (Å²) in [7, 11) is 1.44.